The van der Waals surface area contributed by atoms with E-state index in [9.17, 15) is 4.79 Å². The van der Waals surface area contributed by atoms with Crippen molar-refractivity contribution in [2.24, 2.45) is 5.73 Å². The highest BCUT2D eigenvalue weighted by molar-refractivity contribution is 5.86. The molecule has 1 aliphatic carbocycles. The van der Waals surface area contributed by atoms with E-state index in [4.69, 9.17) is 5.73 Å². The summed E-state index contributed by atoms with van der Waals surface area (Å²) in [6, 6.07) is 7.95. The third-order valence-corrected chi connectivity index (χ3v) is 3.90. The maximum absolute atomic E-state index is 12.0. The van der Waals surface area contributed by atoms with Crippen LogP contribution in [0.1, 0.15) is 24.8 Å². The molecule has 0 bridgehead atoms. The molecule has 4 N–H and O–H groups in total. The molecule has 1 amide bonds. The van der Waals surface area contributed by atoms with E-state index in [1.807, 2.05) is 24.4 Å². The predicted octanol–water partition coefficient (Wildman–Crippen LogP) is 1.71. The third kappa shape index (κ3) is 2.49. The Hall–Kier alpha value is -1.81. The second kappa shape index (κ2) is 5.05. The normalized spacial score (nSPS) is 17.1. The van der Waals surface area contributed by atoms with Gasteiger partial charge >= 0.3 is 0 Å². The number of para-hydroxylation sites is 1. The lowest BCUT2D eigenvalue weighted by atomic mass is 9.92. The first kappa shape index (κ1) is 12.2. The Labute approximate surface area is 112 Å². The zero-order valence-corrected chi connectivity index (χ0v) is 10.9. The summed E-state index contributed by atoms with van der Waals surface area (Å²) in [6.07, 6.45) is 5.91. The number of H-pyrrole nitrogens is 1. The molecule has 0 aliphatic heterocycles. The van der Waals surface area contributed by atoms with Crippen molar-refractivity contribution < 1.29 is 4.79 Å². The second-order valence-corrected chi connectivity index (χ2v) is 5.31. The van der Waals surface area contributed by atoms with E-state index in [2.05, 4.69) is 16.4 Å². The van der Waals surface area contributed by atoms with Gasteiger partial charge in [-0.1, -0.05) is 18.2 Å². The molecule has 1 atom stereocenters. The van der Waals surface area contributed by atoms with Crippen molar-refractivity contribution in [3.63, 3.8) is 0 Å². The quantitative estimate of drug-likeness (QED) is 0.780. The molecule has 0 unspecified atom stereocenters. The van der Waals surface area contributed by atoms with Crippen molar-refractivity contribution in [1.82, 2.24) is 10.3 Å². The minimum Gasteiger partial charge on any atom is -0.361 e. The third-order valence-electron chi connectivity index (χ3n) is 3.90. The standard InChI is InChI=1S/C15H19N3O/c16-13(15(19)18-11-4-3-5-11)8-10-9-17-14-7-2-1-6-12(10)14/h1-2,6-7,9,11,13,17H,3-5,8,16H2,(H,18,19)/t13-/m0/s1. The van der Waals surface area contributed by atoms with Crippen LogP contribution in [0.5, 0.6) is 0 Å². The number of rotatable bonds is 4. The summed E-state index contributed by atoms with van der Waals surface area (Å²) < 4.78 is 0. The molecular formula is C15H19N3O. The Morgan fingerprint density at radius 2 is 2.21 bits per heavy atom. The number of benzene rings is 1. The largest absolute Gasteiger partial charge is 0.361 e. The first-order valence-electron chi connectivity index (χ1n) is 6.85. The van der Waals surface area contributed by atoms with Crippen LogP contribution in [-0.2, 0) is 11.2 Å². The van der Waals surface area contributed by atoms with Gasteiger partial charge in [0, 0.05) is 23.1 Å². The first-order valence-corrected chi connectivity index (χ1v) is 6.85. The molecule has 1 aromatic heterocycles. The van der Waals surface area contributed by atoms with Gasteiger partial charge in [-0.2, -0.15) is 0 Å². The van der Waals surface area contributed by atoms with Crippen LogP contribution in [0.2, 0.25) is 0 Å². The molecule has 1 aliphatic rings. The van der Waals surface area contributed by atoms with Crippen LogP contribution >= 0.6 is 0 Å². The van der Waals surface area contributed by atoms with E-state index >= 15 is 0 Å². The number of amides is 1. The molecule has 0 spiro atoms. The molecule has 0 saturated heterocycles. The summed E-state index contributed by atoms with van der Waals surface area (Å²) in [5.74, 6) is -0.0324. The van der Waals surface area contributed by atoms with Crippen molar-refractivity contribution in [1.29, 1.82) is 0 Å². The lowest BCUT2D eigenvalue weighted by Gasteiger charge is -2.27. The van der Waals surface area contributed by atoms with Gasteiger partial charge in [0.15, 0.2) is 0 Å². The molecular weight excluding hydrogens is 238 g/mol. The Kier molecular flexibility index (Phi) is 3.25. The van der Waals surface area contributed by atoms with Crippen molar-refractivity contribution in [3.8, 4) is 0 Å². The Balaban J connectivity index is 1.68. The SMILES string of the molecule is N[C@@H](Cc1c[nH]c2ccccc12)C(=O)NC1CCC1. The van der Waals surface area contributed by atoms with E-state index in [1.165, 1.54) is 6.42 Å². The first-order chi connectivity index (χ1) is 9.24. The number of aromatic nitrogens is 1. The maximum atomic E-state index is 12.0. The Morgan fingerprint density at radius 1 is 1.42 bits per heavy atom. The highest BCUT2D eigenvalue weighted by Gasteiger charge is 2.23. The van der Waals surface area contributed by atoms with Crippen LogP contribution in [0.3, 0.4) is 0 Å². The van der Waals surface area contributed by atoms with Gasteiger partial charge < -0.3 is 16.0 Å². The number of fused-ring (bicyclic) bond motifs is 1. The molecule has 100 valence electrons. The molecule has 1 saturated carbocycles. The maximum Gasteiger partial charge on any atom is 0.237 e. The zero-order valence-electron chi connectivity index (χ0n) is 10.9. The van der Waals surface area contributed by atoms with E-state index in [0.717, 1.165) is 29.3 Å². The minimum atomic E-state index is -0.472. The summed E-state index contributed by atoms with van der Waals surface area (Å²) in [5, 5.41) is 4.15. The fraction of sp³-hybridized carbons (Fsp3) is 0.400. The average molecular weight is 257 g/mol. The number of carbonyl (C=O) groups excluding carboxylic acids is 1. The smallest absolute Gasteiger partial charge is 0.237 e. The molecule has 2 aromatic rings. The Morgan fingerprint density at radius 3 is 2.95 bits per heavy atom. The number of nitrogens with one attached hydrogen (secondary N) is 2. The topological polar surface area (TPSA) is 70.9 Å². The van der Waals surface area contributed by atoms with E-state index in [-0.39, 0.29) is 5.91 Å². The fourth-order valence-corrected chi connectivity index (χ4v) is 2.49. The molecule has 3 rings (SSSR count). The molecule has 1 aromatic carbocycles. The van der Waals surface area contributed by atoms with Crippen LogP contribution in [-0.4, -0.2) is 23.0 Å². The second-order valence-electron chi connectivity index (χ2n) is 5.31. The van der Waals surface area contributed by atoms with Crippen LogP contribution < -0.4 is 11.1 Å². The van der Waals surface area contributed by atoms with Gasteiger partial charge in [-0.15, -0.1) is 0 Å². The molecule has 4 heteroatoms. The van der Waals surface area contributed by atoms with Gasteiger partial charge in [0.2, 0.25) is 5.91 Å². The van der Waals surface area contributed by atoms with E-state index in [0.29, 0.717) is 12.5 Å². The molecule has 1 heterocycles. The zero-order chi connectivity index (χ0) is 13.2. The minimum absolute atomic E-state index is 0.0324. The summed E-state index contributed by atoms with van der Waals surface area (Å²) in [4.78, 5) is 15.2. The summed E-state index contributed by atoms with van der Waals surface area (Å²) >= 11 is 0. The Bertz CT molecular complexity index is 586. The number of aromatic amines is 1. The van der Waals surface area contributed by atoms with Gasteiger partial charge in [0.1, 0.15) is 0 Å². The van der Waals surface area contributed by atoms with Crippen LogP contribution in [0.25, 0.3) is 10.9 Å². The molecule has 1 fully saturated rings. The van der Waals surface area contributed by atoms with Crippen molar-refractivity contribution >= 4 is 16.8 Å². The summed E-state index contributed by atoms with van der Waals surface area (Å²) in [6.45, 7) is 0. The molecule has 19 heavy (non-hydrogen) atoms. The number of hydrogen-bond acceptors (Lipinski definition) is 2. The monoisotopic (exact) mass is 257 g/mol. The van der Waals surface area contributed by atoms with E-state index in [1.54, 1.807) is 0 Å². The van der Waals surface area contributed by atoms with Crippen LogP contribution in [0.15, 0.2) is 30.5 Å². The summed E-state index contributed by atoms with van der Waals surface area (Å²) in [5.41, 5.74) is 8.19. The van der Waals surface area contributed by atoms with Crippen LogP contribution in [0.4, 0.5) is 0 Å². The van der Waals surface area contributed by atoms with Gasteiger partial charge in [-0.3, -0.25) is 4.79 Å². The predicted molar refractivity (Wildman–Crippen MR) is 75.8 cm³/mol. The highest BCUT2D eigenvalue weighted by atomic mass is 16.2. The number of carbonyl (C=O) groups is 1. The van der Waals surface area contributed by atoms with Crippen molar-refractivity contribution in [2.75, 3.05) is 0 Å². The van der Waals surface area contributed by atoms with Gasteiger partial charge in [0.25, 0.3) is 0 Å². The lowest BCUT2D eigenvalue weighted by Crippen LogP contribution is -2.48. The van der Waals surface area contributed by atoms with Crippen molar-refractivity contribution in [2.45, 2.75) is 37.8 Å². The van der Waals surface area contributed by atoms with E-state index < -0.39 is 6.04 Å². The fourth-order valence-electron chi connectivity index (χ4n) is 2.49. The van der Waals surface area contributed by atoms with Crippen molar-refractivity contribution in [3.05, 3.63) is 36.0 Å². The van der Waals surface area contributed by atoms with Gasteiger partial charge in [0.05, 0.1) is 6.04 Å². The highest BCUT2D eigenvalue weighted by Crippen LogP contribution is 2.20. The molecule has 4 nitrogen and oxygen atoms in total. The van der Waals surface area contributed by atoms with Gasteiger partial charge in [-0.25, -0.2) is 0 Å². The number of nitrogens with two attached hydrogens (primary N) is 1. The average Bonchev–Trinajstić information content (AvgIpc) is 2.77. The summed E-state index contributed by atoms with van der Waals surface area (Å²) in [7, 11) is 0. The van der Waals surface area contributed by atoms with Gasteiger partial charge in [-0.05, 0) is 37.3 Å². The molecule has 0 radical (unpaired) electrons. The van der Waals surface area contributed by atoms with Crippen LogP contribution in [0, 0.1) is 0 Å². The lowest BCUT2D eigenvalue weighted by molar-refractivity contribution is -0.123. The number of hydrogen-bond donors (Lipinski definition) is 3.